The van der Waals surface area contributed by atoms with Crippen LogP contribution in [0.4, 0.5) is 0 Å². The van der Waals surface area contributed by atoms with E-state index in [-0.39, 0.29) is 11.9 Å². The van der Waals surface area contributed by atoms with Crippen LogP contribution >= 0.6 is 0 Å². The van der Waals surface area contributed by atoms with Gasteiger partial charge in [-0.3, -0.25) is 9.59 Å². The standard InChI is InChI=1S/C27H51NO4/c1-3-4-5-6-7-10-13-16-24(17-14-11-8-9-12-15-18-26(29)30)23-32-27(31)25-19-21-28(2)22-20-25/h24-25H,3-23H2,1-2H3,(H,29,30). The summed E-state index contributed by atoms with van der Waals surface area (Å²) in [4.78, 5) is 25.4. The van der Waals surface area contributed by atoms with Crippen LogP contribution in [0.3, 0.4) is 0 Å². The van der Waals surface area contributed by atoms with Gasteiger partial charge in [0.05, 0.1) is 12.5 Å². The number of esters is 1. The quantitative estimate of drug-likeness (QED) is 0.162. The van der Waals surface area contributed by atoms with E-state index in [0.717, 1.165) is 51.6 Å². The van der Waals surface area contributed by atoms with E-state index in [4.69, 9.17) is 9.84 Å². The number of unbranched alkanes of at least 4 members (excludes halogenated alkanes) is 11. The van der Waals surface area contributed by atoms with Crippen molar-refractivity contribution in [1.82, 2.24) is 4.90 Å². The molecule has 0 saturated carbocycles. The first-order chi connectivity index (χ1) is 15.5. The Morgan fingerprint density at radius 2 is 1.34 bits per heavy atom. The molecule has 1 fully saturated rings. The van der Waals surface area contributed by atoms with Gasteiger partial charge >= 0.3 is 11.9 Å². The minimum absolute atomic E-state index is 0.0288. The molecule has 1 N–H and O–H groups in total. The molecule has 0 aromatic carbocycles. The number of carbonyl (C=O) groups is 2. The van der Waals surface area contributed by atoms with Crippen molar-refractivity contribution in [3.63, 3.8) is 0 Å². The Balaban J connectivity index is 2.25. The fourth-order valence-electron chi connectivity index (χ4n) is 4.68. The number of ether oxygens (including phenoxy) is 1. The number of hydrogen-bond acceptors (Lipinski definition) is 4. The van der Waals surface area contributed by atoms with Crippen LogP contribution in [-0.2, 0) is 14.3 Å². The maximum Gasteiger partial charge on any atom is 0.309 e. The van der Waals surface area contributed by atoms with Crippen LogP contribution in [-0.4, -0.2) is 48.7 Å². The second kappa shape index (κ2) is 19.4. The molecule has 1 heterocycles. The van der Waals surface area contributed by atoms with Crippen LogP contribution in [0.25, 0.3) is 0 Å². The molecule has 0 aromatic rings. The Morgan fingerprint density at radius 1 is 0.844 bits per heavy atom. The third-order valence-corrected chi connectivity index (χ3v) is 6.98. The molecular weight excluding hydrogens is 402 g/mol. The minimum atomic E-state index is -0.687. The molecule has 5 heteroatoms. The Labute approximate surface area is 197 Å². The third-order valence-electron chi connectivity index (χ3n) is 6.98. The first kappa shape index (κ1) is 28.9. The van der Waals surface area contributed by atoms with E-state index in [0.29, 0.717) is 18.9 Å². The van der Waals surface area contributed by atoms with E-state index < -0.39 is 5.97 Å². The molecule has 0 aromatic heterocycles. The van der Waals surface area contributed by atoms with Crippen molar-refractivity contribution >= 4 is 11.9 Å². The van der Waals surface area contributed by atoms with E-state index >= 15 is 0 Å². The summed E-state index contributed by atoms with van der Waals surface area (Å²) in [5.74, 6) is -0.0711. The second-order valence-corrected chi connectivity index (χ2v) is 10.0. The molecule has 1 aliphatic rings. The molecule has 32 heavy (non-hydrogen) atoms. The van der Waals surface area contributed by atoms with E-state index in [1.807, 2.05) is 0 Å². The van der Waals surface area contributed by atoms with Gasteiger partial charge in [-0.25, -0.2) is 0 Å². The predicted octanol–water partition coefficient (Wildman–Crippen LogP) is 6.83. The number of aliphatic carboxylic acids is 1. The Bertz CT molecular complexity index is 474. The zero-order valence-corrected chi connectivity index (χ0v) is 21.1. The average molecular weight is 454 g/mol. The molecule has 0 amide bonds. The van der Waals surface area contributed by atoms with Crippen molar-refractivity contribution in [2.24, 2.45) is 11.8 Å². The van der Waals surface area contributed by atoms with Gasteiger partial charge in [0, 0.05) is 6.42 Å². The molecule has 1 unspecified atom stereocenters. The fraction of sp³-hybridized carbons (Fsp3) is 0.926. The number of carboxylic acid groups (broad SMARTS) is 1. The lowest BCUT2D eigenvalue weighted by Crippen LogP contribution is -2.34. The highest BCUT2D eigenvalue weighted by Crippen LogP contribution is 2.22. The summed E-state index contributed by atoms with van der Waals surface area (Å²) < 4.78 is 5.81. The molecule has 1 aliphatic heterocycles. The fourth-order valence-corrected chi connectivity index (χ4v) is 4.68. The second-order valence-electron chi connectivity index (χ2n) is 10.0. The molecule has 0 aliphatic carbocycles. The zero-order valence-electron chi connectivity index (χ0n) is 21.1. The van der Waals surface area contributed by atoms with Crippen LogP contribution in [0, 0.1) is 11.8 Å². The molecular formula is C27H51NO4. The minimum Gasteiger partial charge on any atom is -0.481 e. The number of nitrogens with zero attached hydrogens (tertiary/aromatic N) is 1. The summed E-state index contributed by atoms with van der Waals surface area (Å²) in [7, 11) is 2.12. The highest BCUT2D eigenvalue weighted by atomic mass is 16.5. The van der Waals surface area contributed by atoms with Gasteiger partial charge in [-0.2, -0.15) is 0 Å². The lowest BCUT2D eigenvalue weighted by molar-refractivity contribution is -0.151. The lowest BCUT2D eigenvalue weighted by Gasteiger charge is -2.28. The van der Waals surface area contributed by atoms with Gasteiger partial charge in [0.2, 0.25) is 0 Å². The zero-order chi connectivity index (χ0) is 23.4. The summed E-state index contributed by atoms with van der Waals surface area (Å²) in [6, 6.07) is 0. The van der Waals surface area contributed by atoms with E-state index in [9.17, 15) is 9.59 Å². The highest BCUT2D eigenvalue weighted by Gasteiger charge is 2.25. The van der Waals surface area contributed by atoms with Gasteiger partial charge in [0.25, 0.3) is 0 Å². The van der Waals surface area contributed by atoms with Crippen molar-refractivity contribution in [1.29, 1.82) is 0 Å². The number of hydrogen-bond donors (Lipinski definition) is 1. The largest absolute Gasteiger partial charge is 0.481 e. The maximum atomic E-state index is 12.5. The number of likely N-dealkylation sites (tertiary alicyclic amines) is 1. The Kier molecular flexibility index (Phi) is 17.5. The molecule has 1 atom stereocenters. The average Bonchev–Trinajstić information content (AvgIpc) is 2.78. The topological polar surface area (TPSA) is 66.8 Å². The predicted molar refractivity (Wildman–Crippen MR) is 132 cm³/mol. The van der Waals surface area contributed by atoms with Gasteiger partial charge in [0.15, 0.2) is 0 Å². The number of carboxylic acids is 1. The van der Waals surface area contributed by atoms with E-state index in [1.54, 1.807) is 0 Å². The smallest absolute Gasteiger partial charge is 0.309 e. The maximum absolute atomic E-state index is 12.5. The monoisotopic (exact) mass is 453 g/mol. The molecule has 5 nitrogen and oxygen atoms in total. The molecule has 1 rings (SSSR count). The van der Waals surface area contributed by atoms with Gasteiger partial charge in [-0.05, 0) is 58.2 Å². The summed E-state index contributed by atoms with van der Waals surface area (Å²) >= 11 is 0. The van der Waals surface area contributed by atoms with Crippen LogP contribution < -0.4 is 0 Å². The first-order valence-corrected chi connectivity index (χ1v) is 13.6. The van der Waals surface area contributed by atoms with E-state index in [1.165, 1.54) is 70.6 Å². The van der Waals surface area contributed by atoms with Crippen LogP contribution in [0.5, 0.6) is 0 Å². The summed E-state index contributed by atoms with van der Waals surface area (Å²) in [5, 5.41) is 8.70. The normalized spacial score (nSPS) is 16.2. The number of piperidine rings is 1. The van der Waals surface area contributed by atoms with Crippen molar-refractivity contribution in [3.8, 4) is 0 Å². The molecule has 0 spiro atoms. The van der Waals surface area contributed by atoms with Crippen molar-refractivity contribution in [2.75, 3.05) is 26.7 Å². The van der Waals surface area contributed by atoms with Crippen LogP contribution in [0.1, 0.15) is 122 Å². The molecule has 0 bridgehead atoms. The lowest BCUT2D eigenvalue weighted by atomic mass is 9.94. The van der Waals surface area contributed by atoms with Gasteiger partial charge < -0.3 is 14.7 Å². The van der Waals surface area contributed by atoms with Gasteiger partial charge in [-0.15, -0.1) is 0 Å². The van der Waals surface area contributed by atoms with E-state index in [2.05, 4.69) is 18.9 Å². The van der Waals surface area contributed by atoms with Crippen molar-refractivity contribution in [2.45, 2.75) is 122 Å². The van der Waals surface area contributed by atoms with Crippen molar-refractivity contribution < 1.29 is 19.4 Å². The van der Waals surface area contributed by atoms with Crippen LogP contribution in [0.15, 0.2) is 0 Å². The van der Waals surface area contributed by atoms with Gasteiger partial charge in [0.1, 0.15) is 0 Å². The highest BCUT2D eigenvalue weighted by molar-refractivity contribution is 5.72. The Morgan fingerprint density at radius 3 is 1.88 bits per heavy atom. The van der Waals surface area contributed by atoms with Crippen molar-refractivity contribution in [3.05, 3.63) is 0 Å². The summed E-state index contributed by atoms with van der Waals surface area (Å²) in [5.41, 5.74) is 0. The summed E-state index contributed by atoms with van der Waals surface area (Å²) in [6.07, 6.45) is 20.2. The number of rotatable bonds is 20. The first-order valence-electron chi connectivity index (χ1n) is 13.6. The Hall–Kier alpha value is -1.10. The molecule has 1 saturated heterocycles. The SMILES string of the molecule is CCCCCCCCCC(CCCCCCCCC(=O)O)COC(=O)C1CCN(C)CC1. The third kappa shape index (κ3) is 15.7. The molecule has 0 radical (unpaired) electrons. The summed E-state index contributed by atoms with van der Waals surface area (Å²) in [6.45, 7) is 4.84. The number of carbonyl (C=O) groups excluding carboxylic acids is 1. The van der Waals surface area contributed by atoms with Crippen LogP contribution in [0.2, 0.25) is 0 Å². The molecule has 188 valence electrons. The van der Waals surface area contributed by atoms with Gasteiger partial charge in [-0.1, -0.05) is 84.0 Å².